The number of methoxy groups -OCH3 is 1. The molecule has 1 N–H and O–H groups in total. The molecule has 1 aromatic rings. The third kappa shape index (κ3) is 3.27. The second-order valence-electron chi connectivity index (χ2n) is 2.11. The summed E-state index contributed by atoms with van der Waals surface area (Å²) in [5.41, 5.74) is 2.06. The molecule has 0 saturated heterocycles. The molecule has 0 fully saturated rings. The first-order valence-electron chi connectivity index (χ1n) is 3.53. The van der Waals surface area contributed by atoms with Gasteiger partial charge in [0.05, 0.1) is 18.9 Å². The molecule has 14 heavy (non-hydrogen) atoms. The molecule has 0 spiro atoms. The molecule has 1 heterocycles. The van der Waals surface area contributed by atoms with Crippen LogP contribution in [0.5, 0.6) is 0 Å². The van der Waals surface area contributed by atoms with Gasteiger partial charge in [0.25, 0.3) is 0 Å². The van der Waals surface area contributed by atoms with Crippen molar-refractivity contribution in [3.8, 4) is 0 Å². The van der Waals surface area contributed by atoms with Crippen LogP contribution < -0.4 is 5.43 Å². The lowest BCUT2D eigenvalue weighted by Crippen LogP contribution is -2.18. The van der Waals surface area contributed by atoms with Crippen LogP contribution in [0.25, 0.3) is 0 Å². The van der Waals surface area contributed by atoms with Gasteiger partial charge in [-0.1, -0.05) is 11.6 Å². The fourth-order valence-corrected chi connectivity index (χ4v) is 1.59. The number of halogens is 1. The van der Waals surface area contributed by atoms with E-state index >= 15 is 0 Å². The summed E-state index contributed by atoms with van der Waals surface area (Å²) in [5.74, 6) is 0. The number of aliphatic imine (C=N–C) groups is 1. The van der Waals surface area contributed by atoms with Crippen LogP contribution in [0.3, 0.4) is 0 Å². The summed E-state index contributed by atoms with van der Waals surface area (Å²) in [6.07, 6.45) is 1.61. The third-order valence-corrected chi connectivity index (χ3v) is 2.34. The molecule has 0 aromatic carbocycles. The molecule has 1 aromatic heterocycles. The van der Waals surface area contributed by atoms with E-state index in [1.165, 1.54) is 18.4 Å². The predicted molar refractivity (Wildman–Crippen MR) is 54.2 cm³/mol. The largest absolute Gasteiger partial charge is 0.467 e. The quantitative estimate of drug-likeness (QED) is 0.373. The number of hydrogen-bond donors (Lipinski definition) is 1. The smallest absolute Gasteiger partial charge is 0.308 e. The van der Waals surface area contributed by atoms with E-state index in [1.54, 1.807) is 6.20 Å². The van der Waals surface area contributed by atoms with Gasteiger partial charge in [0.1, 0.15) is 0 Å². The van der Waals surface area contributed by atoms with Gasteiger partial charge < -0.3 is 4.74 Å². The Hall–Kier alpha value is -1.21. The molecular weight excluding hydrogens is 228 g/mol. The van der Waals surface area contributed by atoms with Gasteiger partial charge >= 0.3 is 6.02 Å². The molecule has 0 unspecified atom stereocenters. The van der Waals surface area contributed by atoms with Gasteiger partial charge in [0, 0.05) is 11.1 Å². The monoisotopic (exact) mass is 234 g/mol. The fourth-order valence-electron chi connectivity index (χ4n) is 0.691. The summed E-state index contributed by atoms with van der Waals surface area (Å²) in [4.78, 5) is 18.5. The normalized spacial score (nSPS) is 11.1. The summed E-state index contributed by atoms with van der Waals surface area (Å²) in [6.45, 7) is 0.343. The molecule has 0 amide bonds. The summed E-state index contributed by atoms with van der Waals surface area (Å²) in [6, 6.07) is 0.0597. The first-order valence-corrected chi connectivity index (χ1v) is 4.72. The Morgan fingerprint density at radius 3 is 3.14 bits per heavy atom. The number of nitrogens with one attached hydrogen (secondary N) is 1. The number of nitroso groups, excluding NO2 is 1. The minimum absolute atomic E-state index is 0.0597. The van der Waals surface area contributed by atoms with E-state index in [9.17, 15) is 4.91 Å². The van der Waals surface area contributed by atoms with Crippen molar-refractivity contribution in [3.05, 3.63) is 20.4 Å². The molecule has 0 radical (unpaired) electrons. The van der Waals surface area contributed by atoms with Crippen LogP contribution in [-0.2, 0) is 11.3 Å². The molecule has 0 atom stereocenters. The molecule has 0 aliphatic carbocycles. The van der Waals surface area contributed by atoms with Crippen LogP contribution in [0.4, 0.5) is 0 Å². The molecule has 1 rings (SSSR count). The number of thiazole rings is 1. The lowest BCUT2D eigenvalue weighted by molar-refractivity contribution is 0.379. The maximum Gasteiger partial charge on any atom is 0.308 e. The SMILES string of the molecule is COC(=NCc1cnc(Cl)s1)NN=O. The molecule has 8 heteroatoms. The number of nitrogens with zero attached hydrogens (tertiary/aromatic N) is 3. The van der Waals surface area contributed by atoms with Crippen LogP contribution in [0.15, 0.2) is 16.5 Å². The van der Waals surface area contributed by atoms with Crippen LogP contribution in [0, 0.1) is 4.91 Å². The maximum absolute atomic E-state index is 9.84. The average molecular weight is 235 g/mol. The van der Waals surface area contributed by atoms with Gasteiger partial charge in [-0.25, -0.2) is 9.98 Å². The number of aromatic nitrogens is 1. The zero-order chi connectivity index (χ0) is 10.4. The van der Waals surface area contributed by atoms with Crippen LogP contribution in [0.1, 0.15) is 4.88 Å². The van der Waals surface area contributed by atoms with E-state index in [0.29, 0.717) is 11.0 Å². The standard InChI is InChI=1S/C6H7ClN4O2S/c1-13-6(10-11-12)9-3-4-2-8-5(7)14-4/h2H,3H2,1H3,(H,9,10,12). The van der Waals surface area contributed by atoms with E-state index in [4.69, 9.17) is 16.3 Å². The van der Waals surface area contributed by atoms with E-state index in [-0.39, 0.29) is 6.02 Å². The van der Waals surface area contributed by atoms with Gasteiger partial charge in [-0.3, -0.25) is 0 Å². The number of rotatable bonds is 3. The second kappa shape index (κ2) is 5.51. The van der Waals surface area contributed by atoms with Crippen molar-refractivity contribution in [1.82, 2.24) is 10.4 Å². The summed E-state index contributed by atoms with van der Waals surface area (Å²) in [7, 11) is 1.39. The summed E-state index contributed by atoms with van der Waals surface area (Å²) in [5, 5.41) is 2.43. The predicted octanol–water partition coefficient (Wildman–Crippen LogP) is 1.57. The van der Waals surface area contributed by atoms with E-state index in [0.717, 1.165) is 4.88 Å². The van der Waals surface area contributed by atoms with E-state index in [1.807, 2.05) is 0 Å². The molecule has 0 bridgehead atoms. The highest BCUT2D eigenvalue weighted by Crippen LogP contribution is 2.18. The lowest BCUT2D eigenvalue weighted by atomic mass is 10.6. The van der Waals surface area contributed by atoms with Crippen LogP contribution in [0.2, 0.25) is 4.47 Å². The van der Waals surface area contributed by atoms with Crippen molar-refractivity contribution in [1.29, 1.82) is 0 Å². The second-order valence-corrected chi connectivity index (χ2v) is 3.81. The maximum atomic E-state index is 9.84. The number of ether oxygens (including phenoxy) is 1. The van der Waals surface area contributed by atoms with Crippen molar-refractivity contribution < 1.29 is 4.74 Å². The summed E-state index contributed by atoms with van der Waals surface area (Å²) < 4.78 is 5.17. The first kappa shape index (κ1) is 10.9. The summed E-state index contributed by atoms with van der Waals surface area (Å²) >= 11 is 6.93. The zero-order valence-electron chi connectivity index (χ0n) is 7.23. The Morgan fingerprint density at radius 1 is 1.86 bits per heavy atom. The Morgan fingerprint density at radius 2 is 2.64 bits per heavy atom. The minimum Gasteiger partial charge on any atom is -0.467 e. The molecule has 0 aliphatic heterocycles. The molecule has 76 valence electrons. The first-order chi connectivity index (χ1) is 6.76. The fraction of sp³-hybridized carbons (Fsp3) is 0.333. The number of hydrogen-bond acceptors (Lipinski definition) is 6. The van der Waals surface area contributed by atoms with Gasteiger partial charge in [-0.15, -0.1) is 16.2 Å². The van der Waals surface area contributed by atoms with Crippen LogP contribution in [-0.4, -0.2) is 18.1 Å². The van der Waals surface area contributed by atoms with E-state index < -0.39 is 0 Å². The Bertz CT molecular complexity index is 340. The molecule has 6 nitrogen and oxygen atoms in total. The Labute approximate surface area is 88.9 Å². The lowest BCUT2D eigenvalue weighted by Gasteiger charge is -1.99. The van der Waals surface area contributed by atoms with Gasteiger partial charge in [-0.2, -0.15) is 5.43 Å². The van der Waals surface area contributed by atoms with Crippen molar-refractivity contribution in [2.45, 2.75) is 6.54 Å². The van der Waals surface area contributed by atoms with Gasteiger partial charge in [-0.05, 0) is 0 Å². The van der Waals surface area contributed by atoms with Gasteiger partial charge in [0.2, 0.25) is 0 Å². The highest BCUT2D eigenvalue weighted by molar-refractivity contribution is 7.15. The topological polar surface area (TPSA) is 75.9 Å². The van der Waals surface area contributed by atoms with E-state index in [2.05, 4.69) is 20.7 Å². The third-order valence-electron chi connectivity index (χ3n) is 1.24. The van der Waals surface area contributed by atoms with Crippen molar-refractivity contribution in [2.24, 2.45) is 10.3 Å². The molecular formula is C6H7ClN4O2S. The van der Waals surface area contributed by atoms with Gasteiger partial charge in [0.15, 0.2) is 4.47 Å². The number of amidine groups is 1. The van der Waals surface area contributed by atoms with Crippen LogP contribution >= 0.6 is 22.9 Å². The Balaban J connectivity index is 2.55. The molecule has 0 aliphatic rings. The highest BCUT2D eigenvalue weighted by atomic mass is 35.5. The average Bonchev–Trinajstić information content (AvgIpc) is 2.59. The zero-order valence-corrected chi connectivity index (χ0v) is 8.80. The minimum atomic E-state index is 0.0597. The highest BCUT2D eigenvalue weighted by Gasteiger charge is 2.00. The van der Waals surface area contributed by atoms with Crippen molar-refractivity contribution >= 4 is 29.0 Å². The van der Waals surface area contributed by atoms with Crippen molar-refractivity contribution in [3.63, 3.8) is 0 Å². The van der Waals surface area contributed by atoms with Crippen molar-refractivity contribution in [2.75, 3.05) is 7.11 Å². The molecule has 0 saturated carbocycles. The Kier molecular flexibility index (Phi) is 4.27.